The Bertz CT molecular complexity index is 781. The second kappa shape index (κ2) is 5.60. The molecule has 2 rings (SSSR count). The first kappa shape index (κ1) is 15.1. The molecule has 1 aromatic heterocycles. The Balaban J connectivity index is 2.45. The van der Waals surface area contributed by atoms with E-state index in [-0.39, 0.29) is 10.6 Å². The third-order valence-electron chi connectivity index (χ3n) is 2.62. The van der Waals surface area contributed by atoms with Gasteiger partial charge in [-0.3, -0.25) is 9.71 Å². The van der Waals surface area contributed by atoms with Crippen LogP contribution in [0.2, 0.25) is 0 Å². The lowest BCUT2D eigenvalue weighted by atomic mass is 10.3. The van der Waals surface area contributed by atoms with E-state index < -0.39 is 33.2 Å². The Labute approximate surface area is 118 Å². The first-order valence-corrected chi connectivity index (χ1v) is 7.13. The van der Waals surface area contributed by atoms with Gasteiger partial charge in [-0.1, -0.05) is 0 Å². The number of aromatic nitrogens is 1. The predicted molar refractivity (Wildman–Crippen MR) is 70.9 cm³/mol. The number of pyridine rings is 1. The number of nitrogens with one attached hydrogen (secondary N) is 2. The van der Waals surface area contributed by atoms with Crippen LogP contribution in [0.5, 0.6) is 0 Å². The molecule has 1 aromatic carbocycles. The molecule has 0 spiro atoms. The van der Waals surface area contributed by atoms with E-state index in [1.165, 1.54) is 19.3 Å². The SMILES string of the molecule is CNc1ccncc1S(=O)(=O)Nc1ccc(F)c(F)c1F. The van der Waals surface area contributed by atoms with Gasteiger partial charge >= 0.3 is 0 Å². The molecule has 5 nitrogen and oxygen atoms in total. The van der Waals surface area contributed by atoms with Crippen molar-refractivity contribution >= 4 is 21.4 Å². The van der Waals surface area contributed by atoms with Crippen LogP contribution in [0, 0.1) is 17.5 Å². The number of benzene rings is 1. The summed E-state index contributed by atoms with van der Waals surface area (Å²) in [6, 6.07) is 2.81. The average molecular weight is 317 g/mol. The molecule has 112 valence electrons. The van der Waals surface area contributed by atoms with Crippen molar-refractivity contribution in [1.29, 1.82) is 0 Å². The summed E-state index contributed by atoms with van der Waals surface area (Å²) < 4.78 is 65.6. The summed E-state index contributed by atoms with van der Waals surface area (Å²) >= 11 is 0. The number of anilines is 2. The van der Waals surface area contributed by atoms with E-state index in [1.54, 1.807) is 0 Å². The summed E-state index contributed by atoms with van der Waals surface area (Å²) in [7, 11) is -2.72. The molecule has 0 aliphatic heterocycles. The summed E-state index contributed by atoms with van der Waals surface area (Å²) in [4.78, 5) is 3.42. The minimum Gasteiger partial charge on any atom is -0.387 e. The monoisotopic (exact) mass is 317 g/mol. The van der Waals surface area contributed by atoms with E-state index in [4.69, 9.17) is 0 Å². The Morgan fingerprint density at radius 3 is 2.43 bits per heavy atom. The molecule has 0 atom stereocenters. The van der Waals surface area contributed by atoms with Crippen molar-refractivity contribution in [2.75, 3.05) is 17.1 Å². The number of sulfonamides is 1. The zero-order valence-corrected chi connectivity index (χ0v) is 11.5. The lowest BCUT2D eigenvalue weighted by Crippen LogP contribution is -2.16. The highest BCUT2D eigenvalue weighted by atomic mass is 32.2. The molecule has 2 N–H and O–H groups in total. The fourth-order valence-electron chi connectivity index (χ4n) is 1.61. The number of hydrogen-bond donors (Lipinski definition) is 2. The summed E-state index contributed by atoms with van der Waals surface area (Å²) in [6.07, 6.45) is 2.41. The topological polar surface area (TPSA) is 71.1 Å². The summed E-state index contributed by atoms with van der Waals surface area (Å²) in [6.45, 7) is 0. The minimum atomic E-state index is -4.21. The summed E-state index contributed by atoms with van der Waals surface area (Å²) in [5, 5.41) is 2.64. The predicted octanol–water partition coefficient (Wildman–Crippen LogP) is 2.34. The summed E-state index contributed by atoms with van der Waals surface area (Å²) in [5.74, 6) is -4.78. The maximum absolute atomic E-state index is 13.5. The highest BCUT2D eigenvalue weighted by molar-refractivity contribution is 7.92. The van der Waals surface area contributed by atoms with E-state index >= 15 is 0 Å². The Kier molecular flexibility index (Phi) is 4.03. The van der Waals surface area contributed by atoms with Gasteiger partial charge in [0.1, 0.15) is 4.90 Å². The number of hydrogen-bond acceptors (Lipinski definition) is 4. The van der Waals surface area contributed by atoms with Crippen molar-refractivity contribution in [3.63, 3.8) is 0 Å². The van der Waals surface area contributed by atoms with Gasteiger partial charge in [0.25, 0.3) is 10.0 Å². The van der Waals surface area contributed by atoms with Gasteiger partial charge in [0.05, 0.1) is 11.4 Å². The Hall–Kier alpha value is -2.29. The molecular weight excluding hydrogens is 307 g/mol. The maximum Gasteiger partial charge on any atom is 0.265 e. The normalized spacial score (nSPS) is 11.2. The van der Waals surface area contributed by atoms with Gasteiger partial charge in [0.2, 0.25) is 0 Å². The lowest BCUT2D eigenvalue weighted by molar-refractivity contribution is 0.449. The molecular formula is C12H10F3N3O2S. The second-order valence-corrected chi connectivity index (χ2v) is 5.60. The molecule has 21 heavy (non-hydrogen) atoms. The minimum absolute atomic E-state index is 0.223. The van der Waals surface area contributed by atoms with Crippen LogP contribution < -0.4 is 10.0 Å². The van der Waals surface area contributed by atoms with Crippen LogP contribution in [0.25, 0.3) is 0 Å². The molecule has 1 heterocycles. The summed E-state index contributed by atoms with van der Waals surface area (Å²) in [5.41, 5.74) is -0.472. The number of nitrogens with zero attached hydrogens (tertiary/aromatic N) is 1. The molecule has 0 radical (unpaired) electrons. The molecule has 0 amide bonds. The van der Waals surface area contributed by atoms with E-state index in [0.717, 1.165) is 12.3 Å². The zero-order chi connectivity index (χ0) is 15.6. The molecule has 0 bridgehead atoms. The van der Waals surface area contributed by atoms with E-state index in [9.17, 15) is 21.6 Å². The molecule has 0 saturated heterocycles. The van der Waals surface area contributed by atoms with Crippen molar-refractivity contribution in [2.45, 2.75) is 4.90 Å². The molecule has 9 heteroatoms. The van der Waals surface area contributed by atoms with Crippen molar-refractivity contribution in [3.8, 4) is 0 Å². The molecule has 2 aromatic rings. The van der Waals surface area contributed by atoms with Gasteiger partial charge in [-0.15, -0.1) is 0 Å². The Morgan fingerprint density at radius 2 is 1.76 bits per heavy atom. The third-order valence-corrected chi connectivity index (χ3v) is 4.02. The third kappa shape index (κ3) is 2.92. The second-order valence-electron chi connectivity index (χ2n) is 3.95. The van der Waals surface area contributed by atoms with Gasteiger partial charge < -0.3 is 5.32 Å². The van der Waals surface area contributed by atoms with Gasteiger partial charge in [0.15, 0.2) is 17.5 Å². The highest BCUT2D eigenvalue weighted by Gasteiger charge is 2.22. The van der Waals surface area contributed by atoms with Gasteiger partial charge in [0, 0.05) is 19.4 Å². The van der Waals surface area contributed by atoms with Gasteiger partial charge in [-0.05, 0) is 18.2 Å². The van der Waals surface area contributed by atoms with E-state index in [1.807, 2.05) is 4.72 Å². The van der Waals surface area contributed by atoms with Crippen molar-refractivity contribution < 1.29 is 21.6 Å². The molecule has 0 saturated carbocycles. The van der Waals surface area contributed by atoms with Crippen molar-refractivity contribution in [3.05, 3.63) is 48.0 Å². The van der Waals surface area contributed by atoms with E-state index in [0.29, 0.717) is 6.07 Å². The molecule has 0 aliphatic carbocycles. The largest absolute Gasteiger partial charge is 0.387 e. The molecule has 0 fully saturated rings. The average Bonchev–Trinajstić information content (AvgIpc) is 2.48. The van der Waals surface area contributed by atoms with Crippen LogP contribution in [0.1, 0.15) is 0 Å². The van der Waals surface area contributed by atoms with Crippen molar-refractivity contribution in [2.24, 2.45) is 0 Å². The Morgan fingerprint density at radius 1 is 1.05 bits per heavy atom. The maximum atomic E-state index is 13.5. The van der Waals surface area contributed by atoms with Crippen LogP contribution in [-0.4, -0.2) is 20.4 Å². The lowest BCUT2D eigenvalue weighted by Gasteiger charge is -2.12. The van der Waals surface area contributed by atoms with Crippen LogP contribution in [0.3, 0.4) is 0 Å². The van der Waals surface area contributed by atoms with Crippen LogP contribution >= 0.6 is 0 Å². The molecule has 0 aliphatic rings. The fourth-order valence-corrected chi connectivity index (χ4v) is 2.82. The fraction of sp³-hybridized carbons (Fsp3) is 0.0833. The quantitative estimate of drug-likeness (QED) is 0.849. The van der Waals surface area contributed by atoms with Gasteiger partial charge in [-0.2, -0.15) is 0 Å². The van der Waals surface area contributed by atoms with Crippen LogP contribution in [-0.2, 0) is 10.0 Å². The first-order valence-electron chi connectivity index (χ1n) is 5.65. The number of halogens is 3. The van der Waals surface area contributed by atoms with Crippen molar-refractivity contribution in [1.82, 2.24) is 4.98 Å². The standard InChI is InChI=1S/C12H10F3N3O2S/c1-16-8-4-5-17-6-10(8)21(19,20)18-9-3-2-7(13)11(14)12(9)15/h2-6,18H,1H3,(H,16,17). The van der Waals surface area contributed by atoms with E-state index in [2.05, 4.69) is 10.3 Å². The smallest absolute Gasteiger partial charge is 0.265 e. The van der Waals surface area contributed by atoms with Crippen LogP contribution in [0.15, 0.2) is 35.5 Å². The molecule has 0 unspecified atom stereocenters. The highest BCUT2D eigenvalue weighted by Crippen LogP contribution is 2.25. The van der Waals surface area contributed by atoms with Crippen LogP contribution in [0.4, 0.5) is 24.5 Å². The number of rotatable bonds is 4. The van der Waals surface area contributed by atoms with Gasteiger partial charge in [-0.25, -0.2) is 21.6 Å². The zero-order valence-electron chi connectivity index (χ0n) is 10.7. The first-order chi connectivity index (χ1) is 9.86.